The number of hydrogen-bond acceptors (Lipinski definition) is 4. The highest BCUT2D eigenvalue weighted by atomic mass is 79.9. The zero-order valence-electron chi connectivity index (χ0n) is 11.1. The standard InChI is InChI=1S/C13H11BrN4O4/c14-9-6-10(15-7-9)13(20)17-16-12(19)5-8-3-1-2-4-11(8)18(21)22/h1-4,6-7,15H,5H2,(H,16,19)(H,17,20). The smallest absolute Gasteiger partial charge is 0.286 e. The summed E-state index contributed by atoms with van der Waals surface area (Å²) in [6.07, 6.45) is 1.36. The molecule has 0 bridgehead atoms. The number of aromatic nitrogens is 1. The lowest BCUT2D eigenvalue weighted by Gasteiger charge is -2.06. The molecule has 2 amide bonds. The van der Waals surface area contributed by atoms with E-state index in [1.54, 1.807) is 18.3 Å². The number of amides is 2. The maximum Gasteiger partial charge on any atom is 0.286 e. The number of nitro groups is 1. The fourth-order valence-corrected chi connectivity index (χ4v) is 2.09. The summed E-state index contributed by atoms with van der Waals surface area (Å²) >= 11 is 3.18. The Hall–Kier alpha value is -2.68. The van der Waals surface area contributed by atoms with Crippen LogP contribution >= 0.6 is 15.9 Å². The normalized spacial score (nSPS) is 10.0. The molecule has 0 aliphatic heterocycles. The molecular weight excluding hydrogens is 356 g/mol. The number of nitrogens with zero attached hydrogens (tertiary/aromatic N) is 1. The van der Waals surface area contributed by atoms with Gasteiger partial charge in [0.1, 0.15) is 5.69 Å². The first-order valence-electron chi connectivity index (χ1n) is 6.13. The number of para-hydroxylation sites is 1. The van der Waals surface area contributed by atoms with Crippen molar-refractivity contribution in [2.45, 2.75) is 6.42 Å². The molecule has 9 heteroatoms. The summed E-state index contributed by atoms with van der Waals surface area (Å²) in [4.78, 5) is 36.5. The maximum atomic E-state index is 11.8. The molecule has 22 heavy (non-hydrogen) atoms. The van der Waals surface area contributed by atoms with Crippen LogP contribution in [0.25, 0.3) is 0 Å². The first-order valence-corrected chi connectivity index (χ1v) is 6.92. The molecular formula is C13H11BrN4O4. The van der Waals surface area contributed by atoms with Gasteiger partial charge in [-0.1, -0.05) is 18.2 Å². The molecule has 0 unspecified atom stereocenters. The highest BCUT2D eigenvalue weighted by molar-refractivity contribution is 9.10. The molecule has 0 radical (unpaired) electrons. The third-order valence-corrected chi connectivity index (χ3v) is 3.21. The lowest BCUT2D eigenvalue weighted by Crippen LogP contribution is -2.42. The quantitative estimate of drug-likeness (QED) is 0.563. The summed E-state index contributed by atoms with van der Waals surface area (Å²) in [5.41, 5.74) is 4.82. The van der Waals surface area contributed by atoms with Crippen molar-refractivity contribution in [3.05, 3.63) is 62.4 Å². The molecule has 3 N–H and O–H groups in total. The van der Waals surface area contributed by atoms with Crippen molar-refractivity contribution in [2.75, 3.05) is 0 Å². The molecule has 1 heterocycles. The van der Waals surface area contributed by atoms with Crippen LogP contribution in [-0.4, -0.2) is 21.7 Å². The molecule has 2 aromatic rings. The average molecular weight is 367 g/mol. The van der Waals surface area contributed by atoms with E-state index in [0.29, 0.717) is 4.47 Å². The summed E-state index contributed by atoms with van der Waals surface area (Å²) in [5.74, 6) is -1.09. The van der Waals surface area contributed by atoms with Gasteiger partial charge in [0, 0.05) is 22.3 Å². The summed E-state index contributed by atoms with van der Waals surface area (Å²) < 4.78 is 0.698. The van der Waals surface area contributed by atoms with Gasteiger partial charge in [-0.3, -0.25) is 30.6 Å². The van der Waals surface area contributed by atoms with Gasteiger partial charge in [-0.25, -0.2) is 0 Å². The Bertz CT molecular complexity index is 728. The molecule has 0 saturated carbocycles. The molecule has 1 aromatic heterocycles. The number of halogens is 1. The van der Waals surface area contributed by atoms with Gasteiger partial charge in [-0.05, 0) is 22.0 Å². The van der Waals surface area contributed by atoms with Crippen LogP contribution < -0.4 is 10.9 Å². The average Bonchev–Trinajstić information content (AvgIpc) is 2.92. The largest absolute Gasteiger partial charge is 0.356 e. The van der Waals surface area contributed by atoms with Crippen LogP contribution in [0.5, 0.6) is 0 Å². The predicted molar refractivity (Wildman–Crippen MR) is 80.9 cm³/mol. The molecule has 0 aliphatic carbocycles. The van der Waals surface area contributed by atoms with E-state index in [2.05, 4.69) is 31.8 Å². The van der Waals surface area contributed by atoms with E-state index in [9.17, 15) is 19.7 Å². The second-order valence-corrected chi connectivity index (χ2v) is 5.21. The van der Waals surface area contributed by atoms with Gasteiger partial charge in [0.25, 0.3) is 11.6 Å². The Labute approximate surface area is 133 Å². The fourth-order valence-electron chi connectivity index (χ4n) is 1.75. The number of rotatable bonds is 4. The minimum atomic E-state index is -0.562. The number of H-pyrrole nitrogens is 1. The molecule has 1 aromatic carbocycles. The number of hydrazine groups is 1. The van der Waals surface area contributed by atoms with Gasteiger partial charge in [-0.2, -0.15) is 0 Å². The Morgan fingerprint density at radius 3 is 2.64 bits per heavy atom. The molecule has 0 atom stereocenters. The Balaban J connectivity index is 1.94. The minimum absolute atomic E-state index is 0.141. The third-order valence-electron chi connectivity index (χ3n) is 2.75. The van der Waals surface area contributed by atoms with Crippen molar-refractivity contribution < 1.29 is 14.5 Å². The van der Waals surface area contributed by atoms with Crippen LogP contribution in [0.15, 0.2) is 41.0 Å². The number of carbonyl (C=O) groups is 2. The van der Waals surface area contributed by atoms with E-state index in [0.717, 1.165) is 0 Å². The summed E-state index contributed by atoms with van der Waals surface area (Å²) in [5, 5.41) is 10.9. The number of benzene rings is 1. The van der Waals surface area contributed by atoms with Crippen LogP contribution in [0.3, 0.4) is 0 Å². The monoisotopic (exact) mass is 366 g/mol. The lowest BCUT2D eigenvalue weighted by molar-refractivity contribution is -0.385. The number of nitro benzene ring substituents is 1. The number of nitrogens with one attached hydrogen (secondary N) is 3. The van der Waals surface area contributed by atoms with Crippen LogP contribution in [0.1, 0.15) is 16.1 Å². The fraction of sp³-hybridized carbons (Fsp3) is 0.0769. The van der Waals surface area contributed by atoms with E-state index in [1.165, 1.54) is 18.2 Å². The van der Waals surface area contributed by atoms with Crippen LogP contribution in [0.4, 0.5) is 5.69 Å². The number of aromatic amines is 1. The molecule has 0 aliphatic rings. The van der Waals surface area contributed by atoms with Gasteiger partial charge in [-0.15, -0.1) is 0 Å². The summed E-state index contributed by atoms with van der Waals surface area (Å²) in [7, 11) is 0. The molecule has 8 nitrogen and oxygen atoms in total. The maximum absolute atomic E-state index is 11.8. The van der Waals surface area contributed by atoms with Crippen molar-refractivity contribution in [3.8, 4) is 0 Å². The molecule has 2 rings (SSSR count). The zero-order chi connectivity index (χ0) is 16.1. The zero-order valence-corrected chi connectivity index (χ0v) is 12.7. The van der Waals surface area contributed by atoms with Crippen molar-refractivity contribution in [2.24, 2.45) is 0 Å². The Kier molecular flexibility index (Phi) is 4.89. The predicted octanol–water partition coefficient (Wildman–Crippen LogP) is 1.69. The number of hydrogen-bond donors (Lipinski definition) is 3. The second-order valence-electron chi connectivity index (χ2n) is 4.30. The van der Waals surface area contributed by atoms with Crippen LogP contribution in [-0.2, 0) is 11.2 Å². The van der Waals surface area contributed by atoms with Gasteiger partial charge in [0.05, 0.1) is 11.3 Å². The van der Waals surface area contributed by atoms with Gasteiger partial charge in [0.2, 0.25) is 5.91 Å². The number of carbonyl (C=O) groups excluding carboxylic acids is 2. The highest BCUT2D eigenvalue weighted by Crippen LogP contribution is 2.17. The van der Waals surface area contributed by atoms with Crippen molar-refractivity contribution in [3.63, 3.8) is 0 Å². The van der Waals surface area contributed by atoms with Gasteiger partial charge in [0.15, 0.2) is 0 Å². The van der Waals surface area contributed by atoms with Crippen molar-refractivity contribution >= 4 is 33.4 Å². The summed E-state index contributed by atoms with van der Waals surface area (Å²) in [6.45, 7) is 0. The Morgan fingerprint density at radius 1 is 1.27 bits per heavy atom. The van der Waals surface area contributed by atoms with E-state index >= 15 is 0 Å². The van der Waals surface area contributed by atoms with Crippen molar-refractivity contribution in [1.29, 1.82) is 0 Å². The van der Waals surface area contributed by atoms with Crippen LogP contribution in [0, 0.1) is 10.1 Å². The first kappa shape index (κ1) is 15.7. The molecule has 0 fully saturated rings. The first-order chi connectivity index (χ1) is 10.5. The second kappa shape index (κ2) is 6.85. The van der Waals surface area contributed by atoms with E-state index < -0.39 is 16.7 Å². The van der Waals surface area contributed by atoms with Crippen molar-refractivity contribution in [1.82, 2.24) is 15.8 Å². The third kappa shape index (κ3) is 3.92. The minimum Gasteiger partial charge on any atom is -0.356 e. The van der Waals surface area contributed by atoms with Crippen LogP contribution in [0.2, 0.25) is 0 Å². The topological polar surface area (TPSA) is 117 Å². The highest BCUT2D eigenvalue weighted by Gasteiger charge is 2.16. The molecule has 0 spiro atoms. The van der Waals surface area contributed by atoms with Gasteiger partial charge < -0.3 is 4.98 Å². The lowest BCUT2D eigenvalue weighted by atomic mass is 10.1. The molecule has 114 valence electrons. The van der Waals surface area contributed by atoms with Gasteiger partial charge >= 0.3 is 0 Å². The van der Waals surface area contributed by atoms with E-state index in [4.69, 9.17) is 0 Å². The molecule has 0 saturated heterocycles. The Morgan fingerprint density at radius 2 is 2.00 bits per heavy atom. The SMILES string of the molecule is O=C(Cc1ccccc1[N+](=O)[O-])NNC(=O)c1cc(Br)c[nH]1. The summed E-state index contributed by atoms with van der Waals surface area (Å²) in [6, 6.07) is 7.47. The van der Waals surface area contributed by atoms with E-state index in [-0.39, 0.29) is 23.4 Å². The van der Waals surface area contributed by atoms with E-state index in [1.807, 2.05) is 0 Å².